The lowest BCUT2D eigenvalue weighted by molar-refractivity contribution is -0.862. The highest BCUT2D eigenvalue weighted by Crippen LogP contribution is 2.27. The van der Waals surface area contributed by atoms with E-state index in [0.29, 0.717) is 11.0 Å². The number of quaternary nitrogens is 1. The Kier molecular flexibility index (Phi) is 4.01. The SMILES string of the molecule is C[N+](C)(C)CC(=O)NN=C1c2ccccc2Cc2ccccc21. The molecule has 0 heterocycles. The molecule has 4 heteroatoms. The minimum atomic E-state index is -0.0782. The molecule has 2 aromatic rings. The number of rotatable bonds is 3. The van der Waals surface area contributed by atoms with Gasteiger partial charge in [0.1, 0.15) is 0 Å². The molecule has 0 atom stereocenters. The van der Waals surface area contributed by atoms with Crippen LogP contribution >= 0.6 is 0 Å². The van der Waals surface area contributed by atoms with Gasteiger partial charge in [0.2, 0.25) is 0 Å². The maximum Gasteiger partial charge on any atom is 0.295 e. The minimum Gasteiger partial charge on any atom is -0.323 e. The van der Waals surface area contributed by atoms with Gasteiger partial charge < -0.3 is 4.48 Å². The third-order valence-electron chi connectivity index (χ3n) is 3.84. The smallest absolute Gasteiger partial charge is 0.295 e. The van der Waals surface area contributed by atoms with E-state index in [2.05, 4.69) is 34.8 Å². The monoisotopic (exact) mass is 308 g/mol. The predicted octanol–water partition coefficient (Wildman–Crippen LogP) is 2.17. The zero-order valence-corrected chi connectivity index (χ0v) is 13.8. The summed E-state index contributed by atoms with van der Waals surface area (Å²) < 4.78 is 0.573. The third kappa shape index (κ3) is 3.48. The first-order valence-electron chi connectivity index (χ1n) is 7.77. The van der Waals surface area contributed by atoms with E-state index >= 15 is 0 Å². The van der Waals surface area contributed by atoms with Crippen molar-refractivity contribution in [2.45, 2.75) is 6.42 Å². The summed E-state index contributed by atoms with van der Waals surface area (Å²) in [7, 11) is 5.95. The van der Waals surface area contributed by atoms with Crippen molar-refractivity contribution < 1.29 is 9.28 Å². The molecular weight excluding hydrogens is 286 g/mol. The standard InChI is InChI=1S/C19H21N3O/c1-22(2,3)13-18(23)20-21-19-16-10-6-4-8-14(16)12-15-9-5-7-11-17(15)19/h4-11H,12-13H2,1-3H3/p+1. The van der Waals surface area contributed by atoms with Gasteiger partial charge in [-0.2, -0.15) is 5.10 Å². The fourth-order valence-corrected chi connectivity index (χ4v) is 2.87. The second-order valence-corrected chi connectivity index (χ2v) is 6.93. The number of benzene rings is 2. The van der Waals surface area contributed by atoms with Gasteiger partial charge in [0.15, 0.2) is 6.54 Å². The molecule has 0 saturated heterocycles. The Morgan fingerprint density at radius 3 is 2.04 bits per heavy atom. The van der Waals surface area contributed by atoms with Crippen molar-refractivity contribution in [1.29, 1.82) is 0 Å². The normalized spacial score (nSPS) is 13.1. The number of nitrogens with zero attached hydrogens (tertiary/aromatic N) is 2. The summed E-state index contributed by atoms with van der Waals surface area (Å²) in [4.78, 5) is 12.1. The fourth-order valence-electron chi connectivity index (χ4n) is 2.87. The highest BCUT2D eigenvalue weighted by Gasteiger charge is 2.21. The van der Waals surface area contributed by atoms with Gasteiger partial charge in [-0.25, -0.2) is 5.43 Å². The Morgan fingerprint density at radius 2 is 1.52 bits per heavy atom. The molecule has 0 radical (unpaired) electrons. The predicted molar refractivity (Wildman–Crippen MR) is 92.4 cm³/mol. The molecule has 3 rings (SSSR count). The summed E-state index contributed by atoms with van der Waals surface area (Å²) in [6.07, 6.45) is 0.901. The van der Waals surface area contributed by atoms with Crippen LogP contribution in [0.5, 0.6) is 0 Å². The van der Waals surface area contributed by atoms with Gasteiger partial charge in [0.25, 0.3) is 5.91 Å². The number of hydrogen-bond acceptors (Lipinski definition) is 2. The van der Waals surface area contributed by atoms with E-state index in [1.807, 2.05) is 45.4 Å². The van der Waals surface area contributed by atoms with Gasteiger partial charge >= 0.3 is 0 Å². The van der Waals surface area contributed by atoms with Gasteiger partial charge in [0.05, 0.1) is 26.9 Å². The average Bonchev–Trinajstić information content (AvgIpc) is 2.49. The van der Waals surface area contributed by atoms with Crippen LogP contribution in [0.4, 0.5) is 0 Å². The molecule has 118 valence electrons. The summed E-state index contributed by atoms with van der Waals surface area (Å²) in [5.74, 6) is -0.0782. The number of carbonyl (C=O) groups excluding carboxylic acids is 1. The summed E-state index contributed by atoms with van der Waals surface area (Å²) >= 11 is 0. The topological polar surface area (TPSA) is 41.5 Å². The van der Waals surface area contributed by atoms with Crippen LogP contribution in [0.3, 0.4) is 0 Å². The lowest BCUT2D eigenvalue weighted by Crippen LogP contribution is -2.43. The first-order valence-corrected chi connectivity index (χ1v) is 7.77. The van der Waals surface area contributed by atoms with Crippen LogP contribution in [0.2, 0.25) is 0 Å². The lowest BCUT2D eigenvalue weighted by atomic mass is 9.85. The van der Waals surface area contributed by atoms with E-state index in [0.717, 1.165) is 23.3 Å². The quantitative estimate of drug-likeness (QED) is 0.585. The Labute approximate surface area is 137 Å². The summed E-state index contributed by atoms with van der Waals surface area (Å²) in [6.45, 7) is 0.389. The average molecular weight is 308 g/mol. The molecule has 1 amide bonds. The van der Waals surface area contributed by atoms with Gasteiger partial charge in [-0.1, -0.05) is 48.5 Å². The van der Waals surface area contributed by atoms with Crippen molar-refractivity contribution in [3.05, 3.63) is 70.8 Å². The van der Waals surface area contributed by atoms with Gasteiger partial charge in [0, 0.05) is 11.1 Å². The van der Waals surface area contributed by atoms with Crippen molar-refractivity contribution in [1.82, 2.24) is 5.43 Å². The number of likely N-dealkylation sites (N-methyl/N-ethyl adjacent to an activating group) is 1. The Hall–Kier alpha value is -2.46. The number of hydrogen-bond donors (Lipinski definition) is 1. The van der Waals surface area contributed by atoms with E-state index in [-0.39, 0.29) is 5.91 Å². The van der Waals surface area contributed by atoms with Crippen LogP contribution < -0.4 is 5.43 Å². The number of fused-ring (bicyclic) bond motifs is 2. The maximum absolute atomic E-state index is 12.1. The molecule has 0 unspecified atom stereocenters. The largest absolute Gasteiger partial charge is 0.323 e. The van der Waals surface area contributed by atoms with Crippen molar-refractivity contribution in [2.75, 3.05) is 27.7 Å². The van der Waals surface area contributed by atoms with Crippen LogP contribution in [0.25, 0.3) is 0 Å². The van der Waals surface area contributed by atoms with Crippen molar-refractivity contribution in [3.8, 4) is 0 Å². The minimum absolute atomic E-state index is 0.0782. The van der Waals surface area contributed by atoms with Crippen molar-refractivity contribution >= 4 is 11.6 Å². The molecular formula is C19H22N3O+. The van der Waals surface area contributed by atoms with E-state index in [1.54, 1.807) is 0 Å². The van der Waals surface area contributed by atoms with E-state index in [9.17, 15) is 4.79 Å². The first-order chi connectivity index (χ1) is 10.9. The highest BCUT2D eigenvalue weighted by atomic mass is 16.2. The van der Waals surface area contributed by atoms with Crippen LogP contribution in [-0.2, 0) is 11.2 Å². The molecule has 0 fully saturated rings. The molecule has 0 saturated carbocycles. The first kappa shape index (κ1) is 15.4. The Morgan fingerprint density at radius 1 is 1.00 bits per heavy atom. The molecule has 2 aromatic carbocycles. The molecule has 0 aliphatic heterocycles. The molecule has 1 N–H and O–H groups in total. The number of nitrogens with one attached hydrogen (secondary N) is 1. The van der Waals surface area contributed by atoms with Crippen molar-refractivity contribution in [3.63, 3.8) is 0 Å². The molecule has 0 spiro atoms. The molecule has 23 heavy (non-hydrogen) atoms. The van der Waals surface area contributed by atoms with Crippen LogP contribution in [-0.4, -0.2) is 43.8 Å². The van der Waals surface area contributed by atoms with Crippen LogP contribution in [0, 0.1) is 0 Å². The summed E-state index contributed by atoms with van der Waals surface area (Å²) in [5, 5.41) is 4.46. The van der Waals surface area contributed by atoms with Gasteiger partial charge in [-0.3, -0.25) is 4.79 Å². The van der Waals surface area contributed by atoms with Crippen molar-refractivity contribution in [2.24, 2.45) is 5.10 Å². The molecule has 1 aliphatic rings. The lowest BCUT2D eigenvalue weighted by Gasteiger charge is -2.23. The molecule has 1 aliphatic carbocycles. The zero-order chi connectivity index (χ0) is 16.4. The number of hydrazone groups is 1. The van der Waals surface area contributed by atoms with Crippen LogP contribution in [0.1, 0.15) is 22.3 Å². The Balaban J connectivity index is 1.95. The Bertz CT molecular complexity index is 725. The summed E-state index contributed by atoms with van der Waals surface area (Å²) in [5.41, 5.74) is 8.24. The highest BCUT2D eigenvalue weighted by molar-refractivity contribution is 6.16. The zero-order valence-electron chi connectivity index (χ0n) is 13.8. The summed E-state index contributed by atoms with van der Waals surface area (Å²) in [6, 6.07) is 16.5. The van der Waals surface area contributed by atoms with E-state index in [1.165, 1.54) is 11.1 Å². The van der Waals surface area contributed by atoms with Gasteiger partial charge in [-0.05, 0) is 17.5 Å². The number of amides is 1. The molecule has 0 bridgehead atoms. The van der Waals surface area contributed by atoms with Gasteiger partial charge in [-0.15, -0.1) is 0 Å². The van der Waals surface area contributed by atoms with Crippen LogP contribution in [0.15, 0.2) is 53.6 Å². The number of carbonyl (C=O) groups is 1. The maximum atomic E-state index is 12.1. The molecule has 4 nitrogen and oxygen atoms in total. The third-order valence-corrected chi connectivity index (χ3v) is 3.84. The van der Waals surface area contributed by atoms with E-state index in [4.69, 9.17) is 0 Å². The van der Waals surface area contributed by atoms with E-state index < -0.39 is 0 Å². The molecule has 0 aromatic heterocycles. The second-order valence-electron chi connectivity index (χ2n) is 6.93. The fraction of sp³-hybridized carbons (Fsp3) is 0.263. The second kappa shape index (κ2) is 5.97.